The normalized spacial score (nSPS) is 15.8. The first-order valence-corrected chi connectivity index (χ1v) is 18.3. The van der Waals surface area contributed by atoms with E-state index in [0.717, 1.165) is 27.5 Å². The molecule has 3 aromatic heterocycles. The summed E-state index contributed by atoms with van der Waals surface area (Å²) >= 11 is 0. The number of hydrogen-bond donors (Lipinski definition) is 0. The van der Waals surface area contributed by atoms with Crippen LogP contribution >= 0.6 is 0 Å². The molecule has 3 heterocycles. The predicted molar refractivity (Wildman–Crippen MR) is 240 cm³/mol. The smallest absolute Gasteiger partial charge is 0.0645 e. The van der Waals surface area contributed by atoms with Crippen LogP contribution in [0.2, 0.25) is 0 Å². The Kier molecular flexibility index (Phi) is 4.33. The van der Waals surface area contributed by atoms with E-state index >= 15 is 0 Å². The largest absolute Gasteiger partial charge is 0.309 e. The van der Waals surface area contributed by atoms with Crippen LogP contribution in [0.1, 0.15) is 21.9 Å². The van der Waals surface area contributed by atoms with Gasteiger partial charge in [0.1, 0.15) is 0 Å². The zero-order valence-corrected chi connectivity index (χ0v) is 29.8. The van der Waals surface area contributed by atoms with Gasteiger partial charge in [-0.25, -0.2) is 0 Å². The van der Waals surface area contributed by atoms with Crippen LogP contribution in [-0.4, -0.2) is 13.7 Å². The lowest BCUT2D eigenvalue weighted by molar-refractivity contribution is 1.15. The third kappa shape index (κ3) is 4.86. The van der Waals surface area contributed by atoms with Crippen molar-refractivity contribution in [3.8, 4) is 39.3 Å². The lowest BCUT2D eigenvalue weighted by Gasteiger charge is -2.12. The van der Waals surface area contributed by atoms with E-state index in [0.29, 0.717) is 34.5 Å². The van der Waals surface area contributed by atoms with Crippen molar-refractivity contribution >= 4 is 65.4 Å². The second-order valence-electron chi connectivity index (χ2n) is 13.7. The molecule has 266 valence electrons. The minimum Gasteiger partial charge on any atom is -0.309 e. The monoisotopic (exact) mass is 741 g/mol. The maximum atomic E-state index is 10.0. The topological polar surface area (TPSA) is 14.8 Å². The van der Waals surface area contributed by atoms with Gasteiger partial charge in [-0.2, -0.15) is 0 Å². The Labute approximate surface area is 352 Å². The standard InChI is InChI=1S/C54H35N3/c1-3-14-36(15-4-1)37-16-13-19-41(32-37)56-50-24-11-8-21-44(50)47-33-38(26-30-52(47)56)39-27-31-53-48(34-39)45-22-9-12-25-51(45)57(53)42-28-29-46-43-20-7-10-23-49(43)55(54(46)35-42)40-17-5-2-6-18-40/h1-35H/i1D,2D,8D,9D,11D,12D,21D,22D,24D,25D,26D,27D,30D,31D,33D,34D. The van der Waals surface area contributed by atoms with Crippen LogP contribution in [0.25, 0.3) is 105 Å². The van der Waals surface area contributed by atoms with E-state index in [2.05, 4.69) is 0 Å². The maximum absolute atomic E-state index is 10.0. The second-order valence-corrected chi connectivity index (χ2v) is 13.7. The zero-order valence-electron chi connectivity index (χ0n) is 45.8. The van der Waals surface area contributed by atoms with Gasteiger partial charge in [0.25, 0.3) is 0 Å². The van der Waals surface area contributed by atoms with Crippen molar-refractivity contribution in [2.45, 2.75) is 0 Å². The molecule has 0 spiro atoms. The quantitative estimate of drug-likeness (QED) is 0.167. The molecule has 0 fully saturated rings. The maximum Gasteiger partial charge on any atom is 0.0645 e. The Morgan fingerprint density at radius 3 is 1.49 bits per heavy atom. The Balaban J connectivity index is 1.19. The van der Waals surface area contributed by atoms with Crippen LogP contribution in [0.15, 0.2) is 212 Å². The molecule has 0 aliphatic rings. The molecule has 0 saturated heterocycles. The molecule has 3 nitrogen and oxygen atoms in total. The van der Waals surface area contributed by atoms with Crippen LogP contribution in [0.3, 0.4) is 0 Å². The molecule has 9 aromatic carbocycles. The number of rotatable bonds is 5. The predicted octanol–water partition coefficient (Wildman–Crippen LogP) is 14.3. The van der Waals surface area contributed by atoms with Crippen molar-refractivity contribution in [2.24, 2.45) is 0 Å². The van der Waals surface area contributed by atoms with Gasteiger partial charge in [-0.15, -0.1) is 0 Å². The lowest BCUT2D eigenvalue weighted by Crippen LogP contribution is -1.96. The third-order valence-corrected chi connectivity index (χ3v) is 10.6. The first kappa shape index (κ1) is 19.8. The molecule has 0 saturated carbocycles. The number of fused-ring (bicyclic) bond motifs is 9. The van der Waals surface area contributed by atoms with Crippen molar-refractivity contribution in [1.29, 1.82) is 0 Å². The summed E-state index contributed by atoms with van der Waals surface area (Å²) in [5.41, 5.74) is 3.00. The Morgan fingerprint density at radius 1 is 0.281 bits per heavy atom. The van der Waals surface area contributed by atoms with Crippen LogP contribution in [0, 0.1) is 0 Å². The van der Waals surface area contributed by atoms with Crippen molar-refractivity contribution in [1.82, 2.24) is 13.7 Å². The molecule has 0 N–H and O–H groups in total. The average Bonchev–Trinajstić information content (AvgIpc) is 4.06. The summed E-state index contributed by atoms with van der Waals surface area (Å²) in [5.74, 6) is 0. The fraction of sp³-hybridized carbons (Fsp3) is 0. The van der Waals surface area contributed by atoms with E-state index in [1.165, 1.54) is 9.13 Å². The Morgan fingerprint density at radius 2 is 0.807 bits per heavy atom. The number of aromatic nitrogens is 3. The van der Waals surface area contributed by atoms with Gasteiger partial charge in [0.2, 0.25) is 0 Å². The average molecular weight is 742 g/mol. The van der Waals surface area contributed by atoms with Crippen molar-refractivity contribution in [3.63, 3.8) is 0 Å². The second kappa shape index (κ2) is 12.5. The molecule has 0 amide bonds. The molecule has 0 bridgehead atoms. The third-order valence-electron chi connectivity index (χ3n) is 10.6. The van der Waals surface area contributed by atoms with Crippen LogP contribution < -0.4 is 0 Å². The Hall–Kier alpha value is -7.62. The molecular formula is C54H35N3. The highest BCUT2D eigenvalue weighted by molar-refractivity contribution is 6.14. The van der Waals surface area contributed by atoms with E-state index in [-0.39, 0.29) is 43.6 Å². The van der Waals surface area contributed by atoms with Gasteiger partial charge in [0, 0.05) is 49.4 Å². The van der Waals surface area contributed by atoms with E-state index in [4.69, 9.17) is 8.22 Å². The SMILES string of the molecule is [2H]c1ccc(-c2cccc(-n3c4c([2H])c([2H])c([2H])c([2H])c4c4c([2H])c(-c5c([2H])c([2H])c6c(c5[2H])c5c([2H])c([2H])c([2H])c([2H])c5n6-c5ccc6c7ccccc7n(-c7ccc([2H])cc7)c6c5)c([2H])c([2H])c43)c2)cc1. The highest BCUT2D eigenvalue weighted by Crippen LogP contribution is 2.40. The molecule has 0 aliphatic carbocycles. The molecule has 12 aromatic rings. The van der Waals surface area contributed by atoms with Gasteiger partial charge >= 0.3 is 0 Å². The highest BCUT2D eigenvalue weighted by Gasteiger charge is 2.18. The summed E-state index contributed by atoms with van der Waals surface area (Å²) in [7, 11) is 0. The minimum absolute atomic E-state index is 0.0875. The number of benzene rings is 9. The molecule has 3 heteroatoms. The summed E-state index contributed by atoms with van der Waals surface area (Å²) in [4.78, 5) is 0. The summed E-state index contributed by atoms with van der Waals surface area (Å²) in [6.07, 6.45) is 0. The summed E-state index contributed by atoms with van der Waals surface area (Å²) < 4.78 is 152. The van der Waals surface area contributed by atoms with Gasteiger partial charge in [-0.3, -0.25) is 0 Å². The number of nitrogens with zero attached hydrogens (tertiary/aromatic N) is 3. The fourth-order valence-corrected chi connectivity index (χ4v) is 8.10. The summed E-state index contributed by atoms with van der Waals surface area (Å²) in [6, 6.07) is 26.4. The molecule has 0 atom stereocenters. The summed E-state index contributed by atoms with van der Waals surface area (Å²) in [6.45, 7) is 0. The summed E-state index contributed by atoms with van der Waals surface area (Å²) in [5, 5.41) is 1.10. The zero-order chi connectivity index (χ0) is 51.4. The van der Waals surface area contributed by atoms with Crippen LogP contribution in [0.4, 0.5) is 0 Å². The first-order valence-electron chi connectivity index (χ1n) is 26.3. The number of hydrogen-bond acceptors (Lipinski definition) is 0. The lowest BCUT2D eigenvalue weighted by atomic mass is 10.0. The van der Waals surface area contributed by atoms with E-state index < -0.39 is 95.7 Å². The van der Waals surface area contributed by atoms with E-state index in [1.54, 1.807) is 66.7 Å². The van der Waals surface area contributed by atoms with Gasteiger partial charge in [-0.1, -0.05) is 133 Å². The van der Waals surface area contributed by atoms with Gasteiger partial charge in [-0.05, 0) is 101 Å². The molecular weight excluding hydrogens is 691 g/mol. The van der Waals surface area contributed by atoms with Crippen LogP contribution in [0.5, 0.6) is 0 Å². The van der Waals surface area contributed by atoms with Gasteiger partial charge in [0.15, 0.2) is 0 Å². The van der Waals surface area contributed by atoms with Crippen LogP contribution in [-0.2, 0) is 0 Å². The van der Waals surface area contributed by atoms with Crippen molar-refractivity contribution in [2.75, 3.05) is 0 Å². The minimum atomic E-state index is -0.653. The molecule has 57 heavy (non-hydrogen) atoms. The van der Waals surface area contributed by atoms with Crippen molar-refractivity contribution < 1.29 is 21.9 Å². The number of para-hydroxylation sites is 4. The first-order chi connectivity index (χ1) is 34.9. The molecule has 0 radical (unpaired) electrons. The molecule has 0 unspecified atom stereocenters. The van der Waals surface area contributed by atoms with E-state index in [9.17, 15) is 13.7 Å². The van der Waals surface area contributed by atoms with E-state index in [1.807, 2.05) is 53.1 Å². The molecule has 0 aliphatic heterocycles. The highest BCUT2D eigenvalue weighted by atomic mass is 15.0. The van der Waals surface area contributed by atoms with Gasteiger partial charge < -0.3 is 13.7 Å². The fourth-order valence-electron chi connectivity index (χ4n) is 8.10. The van der Waals surface area contributed by atoms with Crippen molar-refractivity contribution in [3.05, 3.63) is 212 Å². The van der Waals surface area contributed by atoms with Gasteiger partial charge in [0.05, 0.1) is 55.0 Å². The Bertz CT molecular complexity index is 4440. The molecule has 12 rings (SSSR count).